The van der Waals surface area contributed by atoms with Gasteiger partial charge in [-0.15, -0.1) is 6.58 Å². The number of likely N-dealkylation sites (N-methyl/N-ethyl adjacent to an activating group) is 1. The maximum atomic E-state index is 14.2. The van der Waals surface area contributed by atoms with Crippen molar-refractivity contribution in [1.29, 1.82) is 0 Å². The van der Waals surface area contributed by atoms with Crippen LogP contribution in [0.1, 0.15) is 75.2 Å². The van der Waals surface area contributed by atoms with Gasteiger partial charge in [-0.2, -0.15) is 13.2 Å². The van der Waals surface area contributed by atoms with Crippen LogP contribution in [0.4, 0.5) is 18.0 Å². The number of nitrogens with zero attached hydrogens (tertiary/aromatic N) is 2. The van der Waals surface area contributed by atoms with Gasteiger partial charge in [-0.1, -0.05) is 54.5 Å². The third-order valence-electron chi connectivity index (χ3n) is 9.47. The monoisotopic (exact) mass is 686 g/mol. The molecule has 6 atom stereocenters. The number of piperidine rings is 1. The number of hydrogen-bond acceptors (Lipinski definition) is 6. The number of carbonyl (C=O) groups is 6. The average Bonchev–Trinajstić information content (AvgIpc) is 3.27. The molecule has 1 saturated heterocycles. The van der Waals surface area contributed by atoms with Crippen LogP contribution in [0.15, 0.2) is 12.7 Å². The molecule has 0 radical (unpaired) electrons. The van der Waals surface area contributed by atoms with Gasteiger partial charge in [-0.05, 0) is 48.9 Å². The van der Waals surface area contributed by atoms with Gasteiger partial charge in [0.2, 0.25) is 23.5 Å². The molecule has 12 nitrogen and oxygen atoms in total. The molecule has 15 heteroatoms. The van der Waals surface area contributed by atoms with Gasteiger partial charge in [-0.3, -0.25) is 24.0 Å². The second-order valence-corrected chi connectivity index (χ2v) is 15.1. The van der Waals surface area contributed by atoms with Crippen LogP contribution in [-0.2, 0) is 24.0 Å². The van der Waals surface area contributed by atoms with E-state index in [1.165, 1.54) is 15.9 Å². The maximum Gasteiger partial charge on any atom is 0.389 e. The number of nitrogens with one attached hydrogen (secondary N) is 4. The van der Waals surface area contributed by atoms with E-state index in [1.54, 1.807) is 41.7 Å². The first-order chi connectivity index (χ1) is 21.9. The molecule has 0 bridgehead atoms. The van der Waals surface area contributed by atoms with Gasteiger partial charge in [0.1, 0.15) is 18.1 Å². The van der Waals surface area contributed by atoms with Crippen molar-refractivity contribution < 1.29 is 41.9 Å². The summed E-state index contributed by atoms with van der Waals surface area (Å²) >= 11 is 0. The van der Waals surface area contributed by atoms with E-state index < -0.39 is 78.1 Å². The largest absolute Gasteiger partial charge is 0.389 e. The van der Waals surface area contributed by atoms with E-state index >= 15 is 0 Å². The minimum atomic E-state index is -4.66. The van der Waals surface area contributed by atoms with Crippen LogP contribution < -0.4 is 21.3 Å². The van der Waals surface area contributed by atoms with Gasteiger partial charge in [0, 0.05) is 32.6 Å². The molecule has 1 unspecified atom stereocenters. The SMILES string of the molecule is C=CCNC(=O)C(=O)C(CCC(F)(F)F)NC(=O)[C@@H]1[C@@H]2[C@H](CN1C(=O)[C@@H](NC(=O)N[C@H](C(=O)N(C)C(C)C)C(C)C)C(C)(C)C)C2(C)C. The first-order valence-electron chi connectivity index (χ1n) is 16.3. The number of amides is 6. The quantitative estimate of drug-likeness (QED) is 0.163. The molecular weight excluding hydrogens is 633 g/mol. The van der Waals surface area contributed by atoms with Gasteiger partial charge in [0.15, 0.2) is 0 Å². The third-order valence-corrected chi connectivity index (χ3v) is 9.47. The number of hydrogen-bond donors (Lipinski definition) is 4. The molecule has 0 spiro atoms. The summed E-state index contributed by atoms with van der Waals surface area (Å²) in [5, 5.41) is 9.96. The number of ketones is 1. The summed E-state index contributed by atoms with van der Waals surface area (Å²) in [4.78, 5) is 82.5. The fraction of sp³-hybridized carbons (Fsp3) is 0.758. The van der Waals surface area contributed by atoms with Gasteiger partial charge in [-0.25, -0.2) is 4.79 Å². The Hall–Kier alpha value is -3.65. The highest BCUT2D eigenvalue weighted by atomic mass is 19.4. The zero-order chi connectivity index (χ0) is 37.1. The van der Waals surface area contributed by atoms with Crippen molar-refractivity contribution in [3.63, 3.8) is 0 Å². The van der Waals surface area contributed by atoms with E-state index in [1.807, 2.05) is 27.7 Å². The molecule has 4 N–H and O–H groups in total. The molecule has 2 fully saturated rings. The smallest absolute Gasteiger partial charge is 0.346 e. The fourth-order valence-electron chi connectivity index (χ4n) is 6.17. The Labute approximate surface area is 281 Å². The molecule has 0 aromatic heterocycles. The van der Waals surface area contributed by atoms with Crippen LogP contribution in [0.5, 0.6) is 0 Å². The molecule has 0 aromatic rings. The Bertz CT molecular complexity index is 1260. The molecule has 2 aliphatic rings. The molecule has 6 amide bonds. The first kappa shape index (κ1) is 40.5. The van der Waals surface area contributed by atoms with Gasteiger partial charge >= 0.3 is 12.2 Å². The standard InChI is InChI=1S/C33H53F3N6O6/c1-12-15-37-27(45)24(43)20(13-14-33(34,35)36)38-26(44)23-21-19(32(21,9)10)16-42(23)29(47)25(31(6,7)8)40-30(48)39-22(17(2)3)28(46)41(11)18(4)5/h12,17-23,25H,1,13-16H2,2-11H3,(H,37,45)(H,38,44)(H2,39,40,48)/t19-,20?,21-,22-,23-,25+/m0/s1. The number of Topliss-reactive ketones (excluding diaryl/α,β-unsaturated/α-hetero) is 1. The summed E-state index contributed by atoms with van der Waals surface area (Å²) in [6.07, 6.45) is -5.67. The zero-order valence-corrected chi connectivity index (χ0v) is 29.7. The summed E-state index contributed by atoms with van der Waals surface area (Å²) in [5.41, 5.74) is -1.26. The number of halogens is 3. The lowest BCUT2D eigenvalue weighted by Crippen LogP contribution is -2.62. The van der Waals surface area contributed by atoms with E-state index in [4.69, 9.17) is 0 Å². The summed E-state index contributed by atoms with van der Waals surface area (Å²) in [5.74, 6) is -4.97. The molecule has 1 aliphatic carbocycles. The summed E-state index contributed by atoms with van der Waals surface area (Å²) in [7, 11) is 1.63. The van der Waals surface area contributed by atoms with Crippen molar-refractivity contribution >= 4 is 35.4 Å². The van der Waals surface area contributed by atoms with Crippen molar-refractivity contribution in [3.8, 4) is 0 Å². The summed E-state index contributed by atoms with van der Waals surface area (Å²) in [6.45, 7) is 19.7. The number of fused-ring (bicyclic) bond motifs is 1. The van der Waals surface area contributed by atoms with Crippen molar-refractivity contribution in [2.75, 3.05) is 20.1 Å². The molecule has 48 heavy (non-hydrogen) atoms. The number of rotatable bonds is 14. The van der Waals surface area contributed by atoms with Crippen LogP contribution in [0.2, 0.25) is 0 Å². The number of likely N-dealkylation sites (tertiary alicyclic amines) is 1. The minimum Gasteiger partial charge on any atom is -0.346 e. The van der Waals surface area contributed by atoms with Crippen LogP contribution >= 0.6 is 0 Å². The Morgan fingerprint density at radius 1 is 1.00 bits per heavy atom. The van der Waals surface area contributed by atoms with E-state index in [-0.39, 0.29) is 48.2 Å². The molecule has 1 heterocycles. The van der Waals surface area contributed by atoms with Gasteiger partial charge in [0.25, 0.3) is 5.91 Å². The summed E-state index contributed by atoms with van der Waals surface area (Å²) in [6, 6.07) is -5.91. The highest BCUT2D eigenvalue weighted by Crippen LogP contribution is 2.65. The Morgan fingerprint density at radius 3 is 2.06 bits per heavy atom. The minimum absolute atomic E-state index is 0.109. The topological polar surface area (TPSA) is 157 Å². The third kappa shape index (κ3) is 9.71. The molecule has 2 rings (SSSR count). The van der Waals surface area contributed by atoms with E-state index in [0.29, 0.717) is 0 Å². The van der Waals surface area contributed by atoms with Crippen LogP contribution in [0, 0.1) is 28.6 Å². The van der Waals surface area contributed by atoms with Gasteiger partial charge in [0.05, 0.1) is 6.04 Å². The first-order valence-corrected chi connectivity index (χ1v) is 16.3. The van der Waals surface area contributed by atoms with Crippen LogP contribution in [0.3, 0.4) is 0 Å². The Balaban J connectivity index is 2.37. The second kappa shape index (κ2) is 15.3. The van der Waals surface area contributed by atoms with Crippen molar-refractivity contribution in [2.24, 2.45) is 28.6 Å². The predicted octanol–water partition coefficient (Wildman–Crippen LogP) is 2.77. The average molecular weight is 687 g/mol. The van der Waals surface area contributed by atoms with Crippen molar-refractivity contribution in [3.05, 3.63) is 12.7 Å². The van der Waals surface area contributed by atoms with E-state index in [2.05, 4.69) is 27.8 Å². The normalized spacial score (nSPS) is 21.8. The van der Waals surface area contributed by atoms with Crippen LogP contribution in [0.25, 0.3) is 0 Å². The lowest BCUT2D eigenvalue weighted by Gasteiger charge is -2.38. The number of carbonyl (C=O) groups excluding carboxylic acids is 6. The maximum absolute atomic E-state index is 14.2. The molecular formula is C33H53F3N6O6. The number of alkyl halides is 3. The lowest BCUT2D eigenvalue weighted by atomic mass is 9.85. The molecule has 272 valence electrons. The zero-order valence-electron chi connectivity index (χ0n) is 29.7. The van der Waals surface area contributed by atoms with Crippen LogP contribution in [-0.4, -0.2) is 102 Å². The Morgan fingerprint density at radius 2 is 1.58 bits per heavy atom. The predicted molar refractivity (Wildman–Crippen MR) is 173 cm³/mol. The van der Waals surface area contributed by atoms with E-state index in [9.17, 15) is 41.9 Å². The van der Waals surface area contributed by atoms with Crippen molar-refractivity contribution in [2.45, 2.75) is 112 Å². The highest BCUT2D eigenvalue weighted by molar-refractivity contribution is 6.38. The highest BCUT2D eigenvalue weighted by Gasteiger charge is 2.70. The molecule has 1 aliphatic heterocycles. The van der Waals surface area contributed by atoms with Crippen molar-refractivity contribution in [1.82, 2.24) is 31.1 Å². The summed E-state index contributed by atoms with van der Waals surface area (Å²) < 4.78 is 39.5. The molecule has 1 saturated carbocycles. The molecule has 0 aromatic carbocycles. The second-order valence-electron chi connectivity index (χ2n) is 15.1. The lowest BCUT2D eigenvalue weighted by molar-refractivity contribution is -0.148. The Kier molecular flexibility index (Phi) is 12.9. The fourth-order valence-corrected chi connectivity index (χ4v) is 6.17. The van der Waals surface area contributed by atoms with E-state index in [0.717, 1.165) is 0 Å². The number of urea groups is 1. The van der Waals surface area contributed by atoms with Gasteiger partial charge < -0.3 is 31.1 Å².